The molecule has 102 valence electrons. The molecule has 0 N–H and O–H groups in total. The van der Waals surface area contributed by atoms with E-state index in [4.69, 9.17) is 11.6 Å². The molecule has 2 aromatic carbocycles. The average molecular weight is 289 g/mol. The topological polar surface area (TPSA) is 17.1 Å². The van der Waals surface area contributed by atoms with Gasteiger partial charge in [-0.05, 0) is 36.6 Å². The number of Topliss-reactive ketones (excluding diaryl/α,β-unsaturated/α-hetero) is 1. The van der Waals surface area contributed by atoms with Gasteiger partial charge in [0.1, 0.15) is 5.82 Å². The zero-order valence-electron chi connectivity index (χ0n) is 10.9. The summed E-state index contributed by atoms with van der Waals surface area (Å²) in [5.41, 5.74) is 0.755. The summed E-state index contributed by atoms with van der Waals surface area (Å²) in [5.74, 6) is -0.500. The minimum absolute atomic E-state index is 0.0700. The first kappa shape index (κ1) is 13.3. The molecule has 20 heavy (non-hydrogen) atoms. The first-order valence-electron chi connectivity index (χ1n) is 6.69. The smallest absolute Gasteiger partial charge is 0.174 e. The minimum atomic E-state index is -0.529. The predicted octanol–water partition coefficient (Wildman–Crippen LogP) is 4.78. The Balaban J connectivity index is 2.06. The van der Waals surface area contributed by atoms with Gasteiger partial charge in [-0.1, -0.05) is 48.4 Å². The highest BCUT2D eigenvalue weighted by molar-refractivity contribution is 6.34. The summed E-state index contributed by atoms with van der Waals surface area (Å²) in [7, 11) is 0. The van der Waals surface area contributed by atoms with Gasteiger partial charge >= 0.3 is 0 Å². The summed E-state index contributed by atoms with van der Waals surface area (Å²) in [6, 6.07) is 13.7. The molecule has 0 saturated heterocycles. The standard InChI is InChI=1S/C17H14ClFO/c18-15-8-7-13(19)11-14(15)16(20)17(9-4-10-17)12-5-2-1-3-6-12/h1-3,5-8,11H,4,9-10H2. The number of benzene rings is 2. The van der Waals surface area contributed by atoms with Crippen LogP contribution in [0.4, 0.5) is 4.39 Å². The molecule has 1 saturated carbocycles. The summed E-state index contributed by atoms with van der Waals surface area (Å²) >= 11 is 6.08. The van der Waals surface area contributed by atoms with Gasteiger partial charge in [0.25, 0.3) is 0 Å². The highest BCUT2D eigenvalue weighted by Gasteiger charge is 2.46. The minimum Gasteiger partial charge on any atom is -0.293 e. The van der Waals surface area contributed by atoms with Crippen molar-refractivity contribution in [3.8, 4) is 0 Å². The van der Waals surface area contributed by atoms with E-state index in [9.17, 15) is 9.18 Å². The molecule has 0 aromatic heterocycles. The summed E-state index contributed by atoms with van der Waals surface area (Å²) in [6.45, 7) is 0. The molecule has 1 nitrogen and oxygen atoms in total. The third kappa shape index (κ3) is 2.04. The highest BCUT2D eigenvalue weighted by Crippen LogP contribution is 2.46. The molecule has 0 radical (unpaired) electrons. The van der Waals surface area contributed by atoms with E-state index >= 15 is 0 Å². The van der Waals surface area contributed by atoms with Crippen molar-refractivity contribution >= 4 is 17.4 Å². The van der Waals surface area contributed by atoms with E-state index in [0.29, 0.717) is 5.02 Å². The third-order valence-corrected chi connectivity index (χ3v) is 4.47. The molecule has 1 fully saturated rings. The van der Waals surface area contributed by atoms with Gasteiger partial charge in [0.05, 0.1) is 10.4 Å². The molecular formula is C17H14ClFO. The maximum Gasteiger partial charge on any atom is 0.174 e. The zero-order chi connectivity index (χ0) is 14.2. The number of ketones is 1. The fraction of sp³-hybridized carbons (Fsp3) is 0.235. The number of rotatable bonds is 3. The van der Waals surface area contributed by atoms with Gasteiger partial charge in [-0.25, -0.2) is 4.39 Å². The van der Waals surface area contributed by atoms with E-state index < -0.39 is 11.2 Å². The Morgan fingerprint density at radius 3 is 2.40 bits per heavy atom. The molecule has 0 atom stereocenters. The molecule has 0 bridgehead atoms. The Bertz CT molecular complexity index is 647. The number of hydrogen-bond donors (Lipinski definition) is 0. The molecule has 1 aliphatic rings. The van der Waals surface area contributed by atoms with Gasteiger partial charge in [-0.3, -0.25) is 4.79 Å². The largest absolute Gasteiger partial charge is 0.293 e. The lowest BCUT2D eigenvalue weighted by atomic mass is 9.61. The van der Waals surface area contributed by atoms with Crippen molar-refractivity contribution in [2.45, 2.75) is 24.7 Å². The molecule has 2 aromatic rings. The summed E-state index contributed by atoms with van der Waals surface area (Å²) in [4.78, 5) is 12.9. The van der Waals surface area contributed by atoms with Gasteiger partial charge in [-0.15, -0.1) is 0 Å². The molecular weight excluding hydrogens is 275 g/mol. The van der Waals surface area contributed by atoms with Crippen LogP contribution in [0.3, 0.4) is 0 Å². The lowest BCUT2D eigenvalue weighted by Crippen LogP contribution is -2.42. The molecule has 0 unspecified atom stereocenters. The number of halogens is 2. The average Bonchev–Trinajstić information content (AvgIpc) is 2.41. The van der Waals surface area contributed by atoms with Gasteiger partial charge in [0.15, 0.2) is 5.78 Å². The van der Waals surface area contributed by atoms with Crippen LogP contribution in [0.25, 0.3) is 0 Å². The molecule has 0 aliphatic heterocycles. The molecule has 0 spiro atoms. The molecule has 0 heterocycles. The van der Waals surface area contributed by atoms with Crippen LogP contribution in [0.15, 0.2) is 48.5 Å². The van der Waals surface area contributed by atoms with Crippen LogP contribution in [0.1, 0.15) is 35.2 Å². The van der Waals surface area contributed by atoms with Crippen LogP contribution in [0.2, 0.25) is 5.02 Å². The normalized spacial score (nSPS) is 16.5. The van der Waals surface area contributed by atoms with Crippen LogP contribution in [0.5, 0.6) is 0 Å². The fourth-order valence-electron chi connectivity index (χ4n) is 2.86. The lowest BCUT2D eigenvalue weighted by Gasteiger charge is -2.41. The molecule has 0 amide bonds. The van der Waals surface area contributed by atoms with E-state index in [0.717, 1.165) is 24.8 Å². The van der Waals surface area contributed by atoms with E-state index in [1.54, 1.807) is 0 Å². The van der Waals surface area contributed by atoms with Crippen LogP contribution in [-0.2, 0) is 5.41 Å². The Labute approximate surface area is 122 Å². The summed E-state index contributed by atoms with van der Waals surface area (Å²) < 4.78 is 13.4. The number of carbonyl (C=O) groups excluding carboxylic acids is 1. The highest BCUT2D eigenvalue weighted by atomic mass is 35.5. The molecule has 3 heteroatoms. The van der Waals surface area contributed by atoms with Crippen LogP contribution < -0.4 is 0 Å². The summed E-state index contributed by atoms with van der Waals surface area (Å²) in [5, 5.41) is 0.318. The van der Waals surface area contributed by atoms with Crippen LogP contribution in [-0.4, -0.2) is 5.78 Å². The molecule has 3 rings (SSSR count). The number of hydrogen-bond acceptors (Lipinski definition) is 1. The van der Waals surface area contributed by atoms with Crippen molar-refractivity contribution in [2.24, 2.45) is 0 Å². The number of carbonyl (C=O) groups is 1. The van der Waals surface area contributed by atoms with Gasteiger partial charge in [-0.2, -0.15) is 0 Å². The maximum atomic E-state index is 13.4. The predicted molar refractivity (Wildman–Crippen MR) is 77.7 cm³/mol. The Hall–Kier alpha value is -1.67. The van der Waals surface area contributed by atoms with Crippen molar-refractivity contribution in [1.29, 1.82) is 0 Å². The van der Waals surface area contributed by atoms with E-state index in [1.165, 1.54) is 18.2 Å². The van der Waals surface area contributed by atoms with Gasteiger partial charge < -0.3 is 0 Å². The van der Waals surface area contributed by atoms with E-state index in [-0.39, 0.29) is 11.3 Å². The van der Waals surface area contributed by atoms with Crippen LogP contribution >= 0.6 is 11.6 Å². The zero-order valence-corrected chi connectivity index (χ0v) is 11.7. The van der Waals surface area contributed by atoms with Gasteiger partial charge in [0.2, 0.25) is 0 Å². The monoisotopic (exact) mass is 288 g/mol. The molecule has 1 aliphatic carbocycles. The maximum absolute atomic E-state index is 13.4. The van der Waals surface area contributed by atoms with Crippen molar-refractivity contribution in [1.82, 2.24) is 0 Å². The van der Waals surface area contributed by atoms with Gasteiger partial charge in [0, 0.05) is 5.56 Å². The SMILES string of the molecule is O=C(c1cc(F)ccc1Cl)C1(c2ccccc2)CCC1. The fourth-order valence-corrected chi connectivity index (χ4v) is 3.07. The second-order valence-corrected chi connectivity index (χ2v) is 5.66. The summed E-state index contributed by atoms with van der Waals surface area (Å²) in [6.07, 6.45) is 2.60. The Kier molecular flexibility index (Phi) is 3.35. The van der Waals surface area contributed by atoms with Crippen molar-refractivity contribution in [3.05, 3.63) is 70.5 Å². The van der Waals surface area contributed by atoms with Crippen LogP contribution in [0, 0.1) is 5.82 Å². The van der Waals surface area contributed by atoms with Crippen molar-refractivity contribution < 1.29 is 9.18 Å². The van der Waals surface area contributed by atoms with E-state index in [2.05, 4.69) is 0 Å². The third-order valence-electron chi connectivity index (χ3n) is 4.14. The lowest BCUT2D eigenvalue weighted by molar-refractivity contribution is 0.0788. The second kappa shape index (κ2) is 5.02. The van der Waals surface area contributed by atoms with Crippen molar-refractivity contribution in [3.63, 3.8) is 0 Å². The Morgan fingerprint density at radius 1 is 1.10 bits per heavy atom. The quantitative estimate of drug-likeness (QED) is 0.743. The first-order chi connectivity index (χ1) is 9.63. The second-order valence-electron chi connectivity index (χ2n) is 5.25. The first-order valence-corrected chi connectivity index (χ1v) is 7.07. The Morgan fingerprint density at radius 2 is 1.80 bits per heavy atom. The van der Waals surface area contributed by atoms with E-state index in [1.807, 2.05) is 30.3 Å². The van der Waals surface area contributed by atoms with Crippen molar-refractivity contribution in [2.75, 3.05) is 0 Å².